The van der Waals surface area contributed by atoms with Gasteiger partial charge in [-0.2, -0.15) is 0 Å². The van der Waals surface area contributed by atoms with Gasteiger partial charge in [-0.15, -0.1) is 0 Å². The molecule has 0 saturated heterocycles. The molecule has 1 unspecified atom stereocenters. The van der Waals surface area contributed by atoms with Crippen LogP contribution in [0, 0.1) is 5.41 Å². The summed E-state index contributed by atoms with van der Waals surface area (Å²) in [5, 5.41) is 13.4. The van der Waals surface area contributed by atoms with Crippen molar-refractivity contribution in [2.24, 2.45) is 5.41 Å². The van der Waals surface area contributed by atoms with E-state index in [1.165, 1.54) is 36.9 Å². The van der Waals surface area contributed by atoms with Gasteiger partial charge in [0.15, 0.2) is 0 Å². The molecule has 1 aromatic rings. The molecule has 1 heterocycles. The molecule has 3 heteroatoms. The number of aliphatic hydroxyl groups is 1. The van der Waals surface area contributed by atoms with Crippen LogP contribution in [0.2, 0.25) is 0 Å². The summed E-state index contributed by atoms with van der Waals surface area (Å²) >= 11 is 0. The second-order valence-electron chi connectivity index (χ2n) is 6.24. The Labute approximate surface area is 115 Å². The average Bonchev–Trinajstić information content (AvgIpc) is 2.94. The van der Waals surface area contributed by atoms with E-state index in [0.29, 0.717) is 12.6 Å². The zero-order chi connectivity index (χ0) is 13.1. The van der Waals surface area contributed by atoms with E-state index in [1.807, 2.05) is 12.3 Å². The third-order valence-corrected chi connectivity index (χ3v) is 4.92. The molecule has 1 atom stereocenters. The van der Waals surface area contributed by atoms with Crippen molar-refractivity contribution in [3.8, 4) is 0 Å². The summed E-state index contributed by atoms with van der Waals surface area (Å²) in [6.07, 6.45) is 10.3. The molecule has 0 amide bonds. The Bertz CT molecular complexity index is 427. The Hall–Kier alpha value is -0.930. The minimum Gasteiger partial charge on any atom is -0.396 e. The second-order valence-corrected chi connectivity index (χ2v) is 6.24. The van der Waals surface area contributed by atoms with Gasteiger partial charge in [-0.25, -0.2) is 0 Å². The standard InChI is InChI=1S/C16H24N2O/c19-12-16(8-1-2-9-16)11-18-14-7-3-5-13-6-4-10-17-15(13)14/h4,6,10,14,18-19H,1-3,5,7-9,11-12H2. The Morgan fingerprint density at radius 3 is 2.95 bits per heavy atom. The fourth-order valence-electron chi connectivity index (χ4n) is 3.66. The summed E-state index contributed by atoms with van der Waals surface area (Å²) in [5.41, 5.74) is 2.77. The summed E-state index contributed by atoms with van der Waals surface area (Å²) in [6, 6.07) is 4.62. The van der Waals surface area contributed by atoms with E-state index < -0.39 is 0 Å². The van der Waals surface area contributed by atoms with E-state index in [9.17, 15) is 5.11 Å². The summed E-state index contributed by atoms with van der Waals surface area (Å²) in [4.78, 5) is 4.57. The van der Waals surface area contributed by atoms with E-state index in [-0.39, 0.29) is 5.41 Å². The van der Waals surface area contributed by atoms with Gasteiger partial charge in [-0.05, 0) is 43.7 Å². The third-order valence-electron chi connectivity index (χ3n) is 4.92. The van der Waals surface area contributed by atoms with Gasteiger partial charge in [0.25, 0.3) is 0 Å². The van der Waals surface area contributed by atoms with Crippen molar-refractivity contribution in [3.05, 3.63) is 29.6 Å². The molecule has 0 radical (unpaired) electrons. The highest BCUT2D eigenvalue weighted by Crippen LogP contribution is 2.38. The maximum atomic E-state index is 9.69. The van der Waals surface area contributed by atoms with Gasteiger partial charge in [0.2, 0.25) is 0 Å². The molecule has 1 fully saturated rings. The molecule has 19 heavy (non-hydrogen) atoms. The normalized spacial score (nSPS) is 25.2. The Morgan fingerprint density at radius 2 is 2.16 bits per heavy atom. The predicted molar refractivity (Wildman–Crippen MR) is 75.9 cm³/mol. The lowest BCUT2D eigenvalue weighted by Crippen LogP contribution is -2.38. The number of fused-ring (bicyclic) bond motifs is 1. The first-order valence-corrected chi connectivity index (χ1v) is 7.61. The van der Waals surface area contributed by atoms with Crippen molar-refractivity contribution >= 4 is 0 Å². The smallest absolute Gasteiger partial charge is 0.0605 e. The van der Waals surface area contributed by atoms with E-state index in [0.717, 1.165) is 25.8 Å². The van der Waals surface area contributed by atoms with Crippen molar-refractivity contribution in [3.63, 3.8) is 0 Å². The molecular weight excluding hydrogens is 236 g/mol. The number of nitrogens with zero attached hydrogens (tertiary/aromatic N) is 1. The number of aromatic nitrogens is 1. The molecular formula is C16H24N2O. The van der Waals surface area contributed by atoms with E-state index in [4.69, 9.17) is 0 Å². The van der Waals surface area contributed by atoms with Gasteiger partial charge in [-0.3, -0.25) is 4.98 Å². The fourth-order valence-corrected chi connectivity index (χ4v) is 3.66. The van der Waals surface area contributed by atoms with Crippen molar-refractivity contribution < 1.29 is 5.11 Å². The maximum Gasteiger partial charge on any atom is 0.0605 e. The number of rotatable bonds is 4. The molecule has 1 aromatic heterocycles. The van der Waals surface area contributed by atoms with E-state index in [1.54, 1.807) is 0 Å². The molecule has 0 spiro atoms. The molecule has 1 saturated carbocycles. The van der Waals surface area contributed by atoms with Crippen LogP contribution in [0.25, 0.3) is 0 Å². The van der Waals surface area contributed by atoms with Crippen molar-refractivity contribution in [1.29, 1.82) is 0 Å². The van der Waals surface area contributed by atoms with Crippen LogP contribution in [-0.4, -0.2) is 23.2 Å². The highest BCUT2D eigenvalue weighted by molar-refractivity contribution is 5.25. The number of hydrogen-bond acceptors (Lipinski definition) is 3. The van der Waals surface area contributed by atoms with E-state index >= 15 is 0 Å². The first-order chi connectivity index (χ1) is 9.33. The molecule has 3 nitrogen and oxygen atoms in total. The Balaban J connectivity index is 1.68. The minimum absolute atomic E-state index is 0.131. The fraction of sp³-hybridized carbons (Fsp3) is 0.688. The lowest BCUT2D eigenvalue weighted by molar-refractivity contribution is 0.123. The number of hydrogen-bond donors (Lipinski definition) is 2. The van der Waals surface area contributed by atoms with Gasteiger partial charge >= 0.3 is 0 Å². The number of nitrogens with one attached hydrogen (secondary N) is 1. The highest BCUT2D eigenvalue weighted by Gasteiger charge is 2.34. The van der Waals surface area contributed by atoms with Crippen molar-refractivity contribution in [1.82, 2.24) is 10.3 Å². The number of aryl methyl sites for hydroxylation is 1. The van der Waals surface area contributed by atoms with Crippen LogP contribution in [0.15, 0.2) is 18.3 Å². The maximum absolute atomic E-state index is 9.69. The van der Waals surface area contributed by atoms with Gasteiger partial charge in [0.1, 0.15) is 0 Å². The number of pyridine rings is 1. The second kappa shape index (κ2) is 5.59. The zero-order valence-corrected chi connectivity index (χ0v) is 11.6. The van der Waals surface area contributed by atoms with Gasteiger partial charge < -0.3 is 10.4 Å². The van der Waals surface area contributed by atoms with Crippen LogP contribution in [0.4, 0.5) is 0 Å². The number of aliphatic hydroxyl groups excluding tert-OH is 1. The Morgan fingerprint density at radius 1 is 1.32 bits per heavy atom. The van der Waals surface area contributed by atoms with Crippen LogP contribution >= 0.6 is 0 Å². The van der Waals surface area contributed by atoms with Gasteiger partial charge in [0, 0.05) is 30.8 Å². The lowest BCUT2D eigenvalue weighted by Gasteiger charge is -2.32. The minimum atomic E-state index is 0.131. The quantitative estimate of drug-likeness (QED) is 0.874. The first kappa shape index (κ1) is 13.1. The Kier molecular flexibility index (Phi) is 3.85. The molecule has 2 N–H and O–H groups in total. The first-order valence-electron chi connectivity index (χ1n) is 7.61. The van der Waals surface area contributed by atoms with Crippen LogP contribution in [-0.2, 0) is 6.42 Å². The molecule has 0 aromatic carbocycles. The van der Waals surface area contributed by atoms with Crippen LogP contribution < -0.4 is 5.32 Å². The molecule has 104 valence electrons. The zero-order valence-electron chi connectivity index (χ0n) is 11.6. The van der Waals surface area contributed by atoms with Crippen molar-refractivity contribution in [2.75, 3.05) is 13.2 Å². The SMILES string of the molecule is OCC1(CNC2CCCc3cccnc32)CCCC1. The largest absolute Gasteiger partial charge is 0.396 e. The molecule has 0 bridgehead atoms. The molecule has 2 aliphatic carbocycles. The van der Waals surface area contributed by atoms with Gasteiger partial charge in [0.05, 0.1) is 5.69 Å². The monoisotopic (exact) mass is 260 g/mol. The van der Waals surface area contributed by atoms with Crippen LogP contribution in [0.1, 0.15) is 55.8 Å². The van der Waals surface area contributed by atoms with E-state index in [2.05, 4.69) is 16.4 Å². The van der Waals surface area contributed by atoms with Crippen molar-refractivity contribution in [2.45, 2.75) is 51.0 Å². The summed E-state index contributed by atoms with van der Waals surface area (Å²) in [7, 11) is 0. The van der Waals surface area contributed by atoms with Gasteiger partial charge in [-0.1, -0.05) is 18.9 Å². The summed E-state index contributed by atoms with van der Waals surface area (Å²) in [5.74, 6) is 0. The topological polar surface area (TPSA) is 45.1 Å². The molecule has 2 aliphatic rings. The highest BCUT2D eigenvalue weighted by atomic mass is 16.3. The lowest BCUT2D eigenvalue weighted by atomic mass is 9.85. The molecule has 3 rings (SSSR count). The third kappa shape index (κ3) is 2.67. The predicted octanol–water partition coefficient (Wildman–Crippen LogP) is 2.60. The summed E-state index contributed by atoms with van der Waals surface area (Å²) < 4.78 is 0. The van der Waals surface area contributed by atoms with Crippen LogP contribution in [0.3, 0.4) is 0 Å². The molecule has 0 aliphatic heterocycles. The average molecular weight is 260 g/mol. The summed E-state index contributed by atoms with van der Waals surface area (Å²) in [6.45, 7) is 1.26. The van der Waals surface area contributed by atoms with Crippen LogP contribution in [0.5, 0.6) is 0 Å².